The van der Waals surface area contributed by atoms with Crippen LogP contribution in [-0.2, 0) is 9.53 Å². The van der Waals surface area contributed by atoms with E-state index in [4.69, 9.17) is 4.74 Å². The molecule has 13 heavy (non-hydrogen) atoms. The predicted octanol–water partition coefficient (Wildman–Crippen LogP) is 0.756. The van der Waals surface area contributed by atoms with Crippen LogP contribution >= 0.6 is 0 Å². The van der Waals surface area contributed by atoms with Crippen molar-refractivity contribution in [1.82, 2.24) is 5.32 Å². The second-order valence-electron chi connectivity index (χ2n) is 3.45. The number of ketones is 1. The third kappa shape index (κ3) is 2.39. The third-order valence-corrected chi connectivity index (χ3v) is 2.30. The summed E-state index contributed by atoms with van der Waals surface area (Å²) in [6.45, 7) is 9.48. The summed E-state index contributed by atoms with van der Waals surface area (Å²) in [4.78, 5) is 11.6. The van der Waals surface area contributed by atoms with Gasteiger partial charge < -0.3 is 10.1 Å². The Balaban J connectivity index is 2.57. The van der Waals surface area contributed by atoms with Crippen LogP contribution < -0.4 is 5.32 Å². The lowest BCUT2D eigenvalue weighted by Gasteiger charge is -2.16. The molecule has 0 saturated carbocycles. The highest BCUT2D eigenvalue weighted by Crippen LogP contribution is 2.17. The van der Waals surface area contributed by atoms with E-state index in [2.05, 4.69) is 11.9 Å². The van der Waals surface area contributed by atoms with Gasteiger partial charge in [0.05, 0.1) is 19.1 Å². The van der Waals surface area contributed by atoms with Crippen molar-refractivity contribution in [3.05, 3.63) is 12.2 Å². The number of nitrogens with one attached hydrogen (secondary N) is 1. The molecule has 0 radical (unpaired) electrons. The van der Waals surface area contributed by atoms with Crippen molar-refractivity contribution in [2.24, 2.45) is 5.92 Å². The normalized spacial score (nSPS) is 27.5. The minimum absolute atomic E-state index is 0.0301. The third-order valence-electron chi connectivity index (χ3n) is 2.30. The lowest BCUT2D eigenvalue weighted by Crippen LogP contribution is -2.39. The molecule has 0 spiro atoms. The molecular formula is C10H17NO2. The first kappa shape index (κ1) is 10.4. The van der Waals surface area contributed by atoms with Crippen molar-refractivity contribution < 1.29 is 9.53 Å². The summed E-state index contributed by atoms with van der Waals surface area (Å²) in [5.74, 6) is 0.0981. The zero-order chi connectivity index (χ0) is 9.84. The minimum Gasteiger partial charge on any atom is -0.379 e. The summed E-state index contributed by atoms with van der Waals surface area (Å²) < 4.78 is 5.27. The molecule has 0 aromatic rings. The zero-order valence-electron chi connectivity index (χ0n) is 8.30. The summed E-state index contributed by atoms with van der Waals surface area (Å²) in [6, 6.07) is 0.175. The summed E-state index contributed by atoms with van der Waals surface area (Å²) in [6.07, 6.45) is 0. The highest BCUT2D eigenvalue weighted by Gasteiger charge is 2.33. The number of allylic oxidation sites excluding steroid dienone is 1. The van der Waals surface area contributed by atoms with Gasteiger partial charge >= 0.3 is 0 Å². The first-order valence-electron chi connectivity index (χ1n) is 4.67. The fourth-order valence-electron chi connectivity index (χ4n) is 1.59. The molecule has 3 nitrogen and oxygen atoms in total. The number of carbonyl (C=O) groups excluding carboxylic acids is 1. The van der Waals surface area contributed by atoms with Gasteiger partial charge in [-0.2, -0.15) is 0 Å². The van der Waals surface area contributed by atoms with Crippen LogP contribution in [0.2, 0.25) is 0 Å². The van der Waals surface area contributed by atoms with E-state index in [-0.39, 0.29) is 17.7 Å². The molecule has 1 saturated heterocycles. The van der Waals surface area contributed by atoms with Crippen LogP contribution in [0, 0.1) is 5.92 Å². The maximum atomic E-state index is 11.6. The Labute approximate surface area is 79.2 Å². The minimum atomic E-state index is -0.0301. The predicted molar refractivity (Wildman–Crippen MR) is 51.6 cm³/mol. The van der Waals surface area contributed by atoms with Crippen LogP contribution in [0.4, 0.5) is 0 Å². The van der Waals surface area contributed by atoms with Crippen LogP contribution in [0.3, 0.4) is 0 Å². The smallest absolute Gasteiger partial charge is 0.165 e. The summed E-state index contributed by atoms with van der Waals surface area (Å²) in [5.41, 5.74) is 0.624. The van der Waals surface area contributed by atoms with E-state index in [0.717, 1.165) is 6.54 Å². The first-order valence-corrected chi connectivity index (χ1v) is 4.67. The van der Waals surface area contributed by atoms with Crippen molar-refractivity contribution in [1.29, 1.82) is 0 Å². The van der Waals surface area contributed by atoms with E-state index >= 15 is 0 Å². The Bertz CT molecular complexity index is 213. The Morgan fingerprint density at radius 3 is 2.85 bits per heavy atom. The van der Waals surface area contributed by atoms with Gasteiger partial charge in [-0.3, -0.25) is 4.79 Å². The van der Waals surface area contributed by atoms with Gasteiger partial charge in [0.25, 0.3) is 0 Å². The highest BCUT2D eigenvalue weighted by atomic mass is 16.5. The van der Waals surface area contributed by atoms with E-state index in [1.54, 1.807) is 6.92 Å². The maximum absolute atomic E-state index is 11.6. The molecule has 2 atom stereocenters. The lowest BCUT2D eigenvalue weighted by atomic mass is 9.95. The maximum Gasteiger partial charge on any atom is 0.165 e. The highest BCUT2D eigenvalue weighted by molar-refractivity contribution is 5.96. The molecule has 0 aromatic carbocycles. The Kier molecular flexibility index (Phi) is 3.63. The molecule has 2 unspecified atom stereocenters. The molecule has 74 valence electrons. The number of ether oxygens (including phenoxy) is 1. The zero-order valence-corrected chi connectivity index (χ0v) is 8.30. The van der Waals surface area contributed by atoms with Gasteiger partial charge in [-0.25, -0.2) is 0 Å². The molecule has 0 aliphatic carbocycles. The molecule has 1 fully saturated rings. The summed E-state index contributed by atoms with van der Waals surface area (Å²) >= 11 is 0. The molecule has 3 heteroatoms. The average Bonchev–Trinajstić information content (AvgIpc) is 2.52. The molecular weight excluding hydrogens is 166 g/mol. The number of hydrogen-bond donors (Lipinski definition) is 1. The Morgan fingerprint density at radius 1 is 1.62 bits per heavy atom. The van der Waals surface area contributed by atoms with E-state index in [0.29, 0.717) is 18.8 Å². The molecule has 1 heterocycles. The standard InChI is InChI=1S/C10H17NO2/c1-4-11-9-6-13-5-8(9)10(12)7(2)3/h8-9,11H,2,4-6H2,1,3H3. The van der Waals surface area contributed by atoms with Crippen molar-refractivity contribution in [2.45, 2.75) is 19.9 Å². The average molecular weight is 183 g/mol. The molecule has 0 amide bonds. The van der Waals surface area contributed by atoms with Crippen molar-refractivity contribution in [2.75, 3.05) is 19.8 Å². The lowest BCUT2D eigenvalue weighted by molar-refractivity contribution is -0.119. The molecule has 0 bridgehead atoms. The second-order valence-corrected chi connectivity index (χ2v) is 3.45. The van der Waals surface area contributed by atoms with Crippen LogP contribution in [0.1, 0.15) is 13.8 Å². The quantitative estimate of drug-likeness (QED) is 0.654. The van der Waals surface area contributed by atoms with Crippen molar-refractivity contribution in [3.8, 4) is 0 Å². The molecule has 1 rings (SSSR count). The molecule has 1 aliphatic rings. The van der Waals surface area contributed by atoms with Crippen LogP contribution in [0.25, 0.3) is 0 Å². The molecule has 1 aliphatic heterocycles. The summed E-state index contributed by atoms with van der Waals surface area (Å²) in [7, 11) is 0. The van der Waals surface area contributed by atoms with Crippen molar-refractivity contribution in [3.63, 3.8) is 0 Å². The Morgan fingerprint density at radius 2 is 2.31 bits per heavy atom. The van der Waals surface area contributed by atoms with Gasteiger partial charge in [-0.1, -0.05) is 13.5 Å². The largest absolute Gasteiger partial charge is 0.379 e. The SMILES string of the molecule is C=C(C)C(=O)C1COCC1NCC. The van der Waals surface area contributed by atoms with E-state index in [1.807, 2.05) is 6.92 Å². The van der Waals surface area contributed by atoms with E-state index in [9.17, 15) is 4.79 Å². The van der Waals surface area contributed by atoms with Crippen LogP contribution in [-0.4, -0.2) is 31.6 Å². The van der Waals surface area contributed by atoms with E-state index < -0.39 is 0 Å². The van der Waals surface area contributed by atoms with Gasteiger partial charge in [-0.05, 0) is 19.0 Å². The van der Waals surface area contributed by atoms with Crippen LogP contribution in [0.15, 0.2) is 12.2 Å². The number of hydrogen-bond acceptors (Lipinski definition) is 3. The Hall–Kier alpha value is -0.670. The monoisotopic (exact) mass is 183 g/mol. The molecule has 1 N–H and O–H groups in total. The number of carbonyl (C=O) groups is 1. The van der Waals surface area contributed by atoms with Crippen molar-refractivity contribution >= 4 is 5.78 Å². The first-order chi connectivity index (χ1) is 6.16. The van der Waals surface area contributed by atoms with Gasteiger partial charge in [0.2, 0.25) is 0 Å². The fourth-order valence-corrected chi connectivity index (χ4v) is 1.59. The van der Waals surface area contributed by atoms with Gasteiger partial charge in [0.1, 0.15) is 0 Å². The number of likely N-dealkylation sites (N-methyl/N-ethyl adjacent to an activating group) is 1. The topological polar surface area (TPSA) is 38.3 Å². The van der Waals surface area contributed by atoms with Crippen LogP contribution in [0.5, 0.6) is 0 Å². The number of rotatable bonds is 4. The van der Waals surface area contributed by atoms with Gasteiger partial charge in [0.15, 0.2) is 5.78 Å². The van der Waals surface area contributed by atoms with E-state index in [1.165, 1.54) is 0 Å². The number of Topliss-reactive ketones (excluding diaryl/α,β-unsaturated/α-hetero) is 1. The van der Waals surface area contributed by atoms with Gasteiger partial charge in [0, 0.05) is 6.04 Å². The summed E-state index contributed by atoms with van der Waals surface area (Å²) in [5, 5.41) is 3.24. The second kappa shape index (κ2) is 4.53. The fraction of sp³-hybridized carbons (Fsp3) is 0.700. The molecule has 0 aromatic heterocycles. The van der Waals surface area contributed by atoms with Gasteiger partial charge in [-0.15, -0.1) is 0 Å².